The lowest BCUT2D eigenvalue weighted by Crippen LogP contribution is -2.36. The maximum absolute atomic E-state index is 12.8. The Morgan fingerprint density at radius 1 is 1.21 bits per heavy atom. The number of morpholine rings is 1. The van der Waals surface area contributed by atoms with Crippen LogP contribution in [0.3, 0.4) is 0 Å². The number of aromatic nitrogens is 2. The van der Waals surface area contributed by atoms with E-state index in [1.165, 1.54) is 7.11 Å². The van der Waals surface area contributed by atoms with Crippen molar-refractivity contribution in [2.24, 2.45) is 0 Å². The van der Waals surface area contributed by atoms with E-state index in [4.69, 9.17) is 21.7 Å². The highest BCUT2D eigenvalue weighted by Gasteiger charge is 2.35. The number of allylic oxidation sites excluding steroid dienone is 1. The van der Waals surface area contributed by atoms with Crippen molar-refractivity contribution in [3.8, 4) is 0 Å². The molecule has 4 rings (SSSR count). The molecule has 0 saturated carbocycles. The molecule has 3 heterocycles. The third-order valence-electron chi connectivity index (χ3n) is 5.28. The van der Waals surface area contributed by atoms with Gasteiger partial charge in [0.05, 0.1) is 37.4 Å². The summed E-state index contributed by atoms with van der Waals surface area (Å²) < 4.78 is 10.6. The first-order chi connectivity index (χ1) is 14.0. The molecule has 1 saturated heterocycles. The summed E-state index contributed by atoms with van der Waals surface area (Å²) in [5.41, 5.74) is 2.97. The van der Waals surface area contributed by atoms with Crippen LogP contribution in [0.1, 0.15) is 24.0 Å². The Morgan fingerprint density at radius 3 is 2.55 bits per heavy atom. The first-order valence-electron chi connectivity index (χ1n) is 9.35. The monoisotopic (exact) mass is 414 g/mol. The van der Waals surface area contributed by atoms with Gasteiger partial charge in [-0.3, -0.25) is 9.78 Å². The van der Waals surface area contributed by atoms with Crippen molar-refractivity contribution in [3.63, 3.8) is 0 Å². The Morgan fingerprint density at radius 2 is 1.90 bits per heavy atom. The van der Waals surface area contributed by atoms with E-state index < -0.39 is 11.9 Å². The third kappa shape index (κ3) is 3.58. The zero-order valence-electron chi connectivity index (χ0n) is 16.2. The molecule has 1 aromatic heterocycles. The van der Waals surface area contributed by atoms with Crippen LogP contribution in [-0.2, 0) is 14.3 Å². The molecule has 2 aliphatic rings. The number of nitrogens with one attached hydrogen (secondary N) is 3. The second-order valence-electron chi connectivity index (χ2n) is 6.98. The second-order valence-corrected chi connectivity index (χ2v) is 7.38. The van der Waals surface area contributed by atoms with Crippen molar-refractivity contribution in [1.29, 1.82) is 0 Å². The van der Waals surface area contributed by atoms with Crippen molar-refractivity contribution in [2.45, 2.75) is 12.8 Å². The SMILES string of the molecule is COC(=O)C1=C(C)Nc2[nH]c(=S)[nH]c(=O)c2C1c1ccc(N2CCOCC2)cc1. The van der Waals surface area contributed by atoms with Gasteiger partial charge in [-0.2, -0.15) is 0 Å². The first kappa shape index (κ1) is 19.4. The molecule has 8 nitrogen and oxygen atoms in total. The minimum Gasteiger partial charge on any atom is -0.466 e. The fraction of sp³-hybridized carbons (Fsp3) is 0.350. The van der Waals surface area contributed by atoms with E-state index in [1.54, 1.807) is 6.92 Å². The zero-order valence-corrected chi connectivity index (χ0v) is 17.0. The zero-order chi connectivity index (χ0) is 20.5. The van der Waals surface area contributed by atoms with Gasteiger partial charge in [-0.05, 0) is 36.8 Å². The number of hydrogen-bond donors (Lipinski definition) is 3. The Hall–Kier alpha value is -2.91. The number of ether oxygens (including phenoxy) is 2. The summed E-state index contributed by atoms with van der Waals surface area (Å²) in [6.07, 6.45) is 0. The van der Waals surface area contributed by atoms with Crippen molar-refractivity contribution in [3.05, 3.63) is 61.8 Å². The predicted molar refractivity (Wildman–Crippen MR) is 112 cm³/mol. The van der Waals surface area contributed by atoms with Gasteiger partial charge in [0.1, 0.15) is 5.82 Å². The van der Waals surface area contributed by atoms with Crippen LogP contribution in [0.2, 0.25) is 0 Å². The van der Waals surface area contributed by atoms with Crippen LogP contribution in [-0.4, -0.2) is 49.4 Å². The highest BCUT2D eigenvalue weighted by Crippen LogP contribution is 2.39. The minimum atomic E-state index is -0.576. The molecule has 0 bridgehead atoms. The molecular weight excluding hydrogens is 392 g/mol. The number of carbonyl (C=O) groups is 1. The van der Waals surface area contributed by atoms with E-state index in [1.807, 2.05) is 24.3 Å². The fourth-order valence-corrected chi connectivity index (χ4v) is 4.09. The van der Waals surface area contributed by atoms with Crippen LogP contribution in [0.5, 0.6) is 0 Å². The second kappa shape index (κ2) is 7.84. The van der Waals surface area contributed by atoms with Crippen molar-refractivity contribution in [2.75, 3.05) is 43.6 Å². The lowest BCUT2D eigenvalue weighted by molar-refractivity contribution is -0.136. The highest BCUT2D eigenvalue weighted by atomic mass is 32.1. The van der Waals surface area contributed by atoms with Gasteiger partial charge in [-0.15, -0.1) is 0 Å². The summed E-state index contributed by atoms with van der Waals surface area (Å²) in [6.45, 7) is 4.84. The molecule has 2 aliphatic heterocycles. The molecule has 1 atom stereocenters. The number of benzene rings is 1. The largest absolute Gasteiger partial charge is 0.466 e. The topological polar surface area (TPSA) is 99.4 Å². The summed E-state index contributed by atoms with van der Waals surface area (Å²) in [4.78, 5) is 33.2. The van der Waals surface area contributed by atoms with Crippen LogP contribution >= 0.6 is 12.2 Å². The summed E-state index contributed by atoms with van der Waals surface area (Å²) >= 11 is 5.10. The molecule has 2 aromatic rings. The minimum absolute atomic E-state index is 0.219. The van der Waals surface area contributed by atoms with Gasteiger partial charge in [0.15, 0.2) is 4.77 Å². The van der Waals surface area contributed by atoms with Crippen LogP contribution in [0.15, 0.2) is 40.3 Å². The van der Waals surface area contributed by atoms with Crippen LogP contribution < -0.4 is 15.8 Å². The number of rotatable bonds is 3. The van der Waals surface area contributed by atoms with Crippen molar-refractivity contribution < 1.29 is 14.3 Å². The molecule has 1 aromatic carbocycles. The number of carbonyl (C=O) groups excluding carboxylic acids is 1. The van der Waals surface area contributed by atoms with Gasteiger partial charge in [-0.25, -0.2) is 4.79 Å². The maximum Gasteiger partial charge on any atom is 0.336 e. The van der Waals surface area contributed by atoms with Crippen molar-refractivity contribution >= 4 is 29.7 Å². The molecule has 0 spiro atoms. The molecule has 9 heteroatoms. The van der Waals surface area contributed by atoms with E-state index in [0.717, 1.165) is 24.3 Å². The maximum atomic E-state index is 12.8. The van der Waals surface area contributed by atoms with Crippen LogP contribution in [0.4, 0.5) is 11.5 Å². The van der Waals surface area contributed by atoms with Gasteiger partial charge < -0.3 is 24.7 Å². The highest BCUT2D eigenvalue weighted by molar-refractivity contribution is 7.71. The predicted octanol–water partition coefficient (Wildman–Crippen LogP) is 2.27. The van der Waals surface area contributed by atoms with Gasteiger partial charge in [0, 0.05) is 24.5 Å². The van der Waals surface area contributed by atoms with E-state index >= 15 is 0 Å². The lowest BCUT2D eigenvalue weighted by atomic mass is 9.82. The number of hydrogen-bond acceptors (Lipinski definition) is 7. The third-order valence-corrected chi connectivity index (χ3v) is 5.49. The molecule has 0 aliphatic carbocycles. The summed E-state index contributed by atoms with van der Waals surface area (Å²) in [5, 5.41) is 3.08. The number of aromatic amines is 2. The summed E-state index contributed by atoms with van der Waals surface area (Å²) in [7, 11) is 1.33. The van der Waals surface area contributed by atoms with E-state index in [2.05, 4.69) is 20.2 Å². The Kier molecular flexibility index (Phi) is 5.25. The average Bonchev–Trinajstić information content (AvgIpc) is 2.73. The fourth-order valence-electron chi connectivity index (χ4n) is 3.90. The van der Waals surface area contributed by atoms with Crippen LogP contribution in [0, 0.1) is 4.77 Å². The molecule has 0 radical (unpaired) electrons. The summed E-state index contributed by atoms with van der Waals surface area (Å²) in [5.74, 6) is -0.566. The Bertz CT molecular complexity index is 1080. The summed E-state index contributed by atoms with van der Waals surface area (Å²) in [6, 6.07) is 7.90. The lowest BCUT2D eigenvalue weighted by Gasteiger charge is -2.30. The molecule has 152 valence electrons. The Labute approximate surface area is 172 Å². The smallest absolute Gasteiger partial charge is 0.336 e. The standard InChI is InChI=1S/C20H22N4O4S/c1-11-14(19(26)27-2)15(16-17(21-11)22-20(29)23-18(16)25)12-3-5-13(6-4-12)24-7-9-28-10-8-24/h3-6,15H,7-10H2,1-2H3,(H3,21,22,23,25,29). The van der Waals surface area contributed by atoms with Gasteiger partial charge in [0.2, 0.25) is 0 Å². The number of H-pyrrole nitrogens is 2. The average molecular weight is 414 g/mol. The number of anilines is 2. The molecule has 3 N–H and O–H groups in total. The Balaban J connectivity index is 1.82. The van der Waals surface area contributed by atoms with E-state index in [0.29, 0.717) is 35.9 Å². The molecule has 1 unspecified atom stereocenters. The molecular formula is C20H22N4O4S. The molecule has 1 fully saturated rings. The number of methoxy groups -OCH3 is 1. The van der Waals surface area contributed by atoms with E-state index in [-0.39, 0.29) is 10.3 Å². The quantitative estimate of drug-likeness (QED) is 0.523. The normalized spacial score (nSPS) is 18.8. The van der Waals surface area contributed by atoms with Gasteiger partial charge in [-0.1, -0.05) is 12.1 Å². The van der Waals surface area contributed by atoms with E-state index in [9.17, 15) is 9.59 Å². The molecule has 0 amide bonds. The number of esters is 1. The first-order valence-corrected chi connectivity index (χ1v) is 9.75. The molecule has 29 heavy (non-hydrogen) atoms. The van der Waals surface area contributed by atoms with Crippen LogP contribution in [0.25, 0.3) is 0 Å². The number of fused-ring (bicyclic) bond motifs is 1. The number of nitrogens with zero attached hydrogens (tertiary/aromatic N) is 1. The van der Waals surface area contributed by atoms with Gasteiger partial charge >= 0.3 is 5.97 Å². The van der Waals surface area contributed by atoms with Gasteiger partial charge in [0.25, 0.3) is 5.56 Å². The van der Waals surface area contributed by atoms with Crippen molar-refractivity contribution in [1.82, 2.24) is 9.97 Å².